The molecular weight excluding hydrogens is 360 g/mol. The van der Waals surface area contributed by atoms with Crippen molar-refractivity contribution in [2.45, 2.75) is 57.8 Å². The van der Waals surface area contributed by atoms with E-state index in [4.69, 9.17) is 21.1 Å². The highest BCUT2D eigenvalue weighted by Gasteiger charge is 2.37. The zero-order valence-corrected chi connectivity index (χ0v) is 17.3. The van der Waals surface area contributed by atoms with Crippen molar-refractivity contribution in [3.05, 3.63) is 21.3 Å². The lowest BCUT2D eigenvalue weighted by Crippen LogP contribution is -2.53. The van der Waals surface area contributed by atoms with Crippen molar-refractivity contribution in [2.75, 3.05) is 26.7 Å². The minimum absolute atomic E-state index is 0.216. The second-order valence-electron chi connectivity index (χ2n) is 7.60. The lowest BCUT2D eigenvalue weighted by Gasteiger charge is -2.41. The van der Waals surface area contributed by atoms with Crippen LogP contribution in [0.2, 0.25) is 4.34 Å². The van der Waals surface area contributed by atoms with Gasteiger partial charge in [-0.05, 0) is 52.7 Å². The molecule has 0 radical (unpaired) electrons. The number of rotatable bonds is 5. The maximum absolute atomic E-state index is 12.2. The topological polar surface area (TPSA) is 50.8 Å². The van der Waals surface area contributed by atoms with Crippen LogP contribution in [0.15, 0.2) is 12.1 Å². The number of nitrogens with zero attached hydrogens (tertiary/aromatic N) is 1. The van der Waals surface area contributed by atoms with Crippen LogP contribution in [-0.4, -0.2) is 48.9 Å². The van der Waals surface area contributed by atoms with E-state index in [-0.39, 0.29) is 17.7 Å². The van der Waals surface area contributed by atoms with Crippen molar-refractivity contribution < 1.29 is 14.3 Å². The molecule has 1 N–H and O–H groups in total. The Morgan fingerprint density at radius 1 is 1.40 bits per heavy atom. The Hall–Kier alpha value is -0.820. The van der Waals surface area contributed by atoms with Gasteiger partial charge in [0.25, 0.3) is 0 Å². The summed E-state index contributed by atoms with van der Waals surface area (Å²) in [6.45, 7) is 9.81. The van der Waals surface area contributed by atoms with E-state index in [2.05, 4.69) is 18.3 Å². The molecule has 0 aliphatic carbocycles. The van der Waals surface area contributed by atoms with E-state index >= 15 is 0 Å². The van der Waals surface area contributed by atoms with Crippen molar-refractivity contribution in [1.29, 1.82) is 0 Å². The molecule has 1 aromatic rings. The highest BCUT2D eigenvalue weighted by molar-refractivity contribution is 7.16. The van der Waals surface area contributed by atoms with Crippen molar-refractivity contribution in [2.24, 2.45) is 0 Å². The molecule has 142 valence electrons. The third-order valence-corrected chi connectivity index (χ3v) is 5.92. The lowest BCUT2D eigenvalue weighted by atomic mass is 9.91. The summed E-state index contributed by atoms with van der Waals surface area (Å²) in [7, 11) is 1.75. The minimum atomic E-state index is -0.466. The molecule has 7 heteroatoms. The predicted octanol–water partition coefficient (Wildman–Crippen LogP) is 4.47. The molecule has 1 aromatic heterocycles. The van der Waals surface area contributed by atoms with E-state index < -0.39 is 5.60 Å². The largest absolute Gasteiger partial charge is 0.444 e. The van der Waals surface area contributed by atoms with Gasteiger partial charge in [0.2, 0.25) is 0 Å². The zero-order chi connectivity index (χ0) is 18.7. The van der Waals surface area contributed by atoms with Crippen molar-refractivity contribution in [3.63, 3.8) is 0 Å². The standard InChI is InChI=1S/C18H29ClN2O3S/c1-13(14-6-7-15(19)25-14)20-12-18(23-5)8-10-21(11-9-18)16(22)24-17(2,3)4/h6-7,13,20H,8-12H2,1-5H3. The van der Waals surface area contributed by atoms with Crippen LogP contribution >= 0.6 is 22.9 Å². The number of ether oxygens (including phenoxy) is 2. The summed E-state index contributed by atoms with van der Waals surface area (Å²) in [5, 5.41) is 3.55. The first kappa shape index (κ1) is 20.5. The number of hydrogen-bond acceptors (Lipinski definition) is 5. The van der Waals surface area contributed by atoms with Crippen LogP contribution in [0, 0.1) is 0 Å². The van der Waals surface area contributed by atoms with Crippen LogP contribution in [0.25, 0.3) is 0 Å². The third kappa shape index (κ3) is 5.84. The van der Waals surface area contributed by atoms with Gasteiger partial charge in [0.15, 0.2) is 0 Å². The van der Waals surface area contributed by atoms with E-state index in [0.717, 1.165) is 23.7 Å². The van der Waals surface area contributed by atoms with Crippen LogP contribution in [0.5, 0.6) is 0 Å². The molecule has 1 aliphatic rings. The first-order valence-electron chi connectivity index (χ1n) is 8.66. The molecule has 1 saturated heterocycles. The van der Waals surface area contributed by atoms with E-state index in [1.165, 1.54) is 4.88 Å². The Kier molecular flexibility index (Phi) is 6.76. The predicted molar refractivity (Wildman–Crippen MR) is 103 cm³/mol. The lowest BCUT2D eigenvalue weighted by molar-refractivity contribution is -0.0597. The van der Waals surface area contributed by atoms with Crippen LogP contribution in [0.3, 0.4) is 0 Å². The molecule has 25 heavy (non-hydrogen) atoms. The monoisotopic (exact) mass is 388 g/mol. The summed E-state index contributed by atoms with van der Waals surface area (Å²) < 4.78 is 12.1. The number of halogens is 1. The number of nitrogens with one attached hydrogen (secondary N) is 1. The van der Waals surface area contributed by atoms with E-state index in [1.54, 1.807) is 23.3 Å². The summed E-state index contributed by atoms with van der Waals surface area (Å²) in [6.07, 6.45) is 1.33. The molecule has 2 heterocycles. The second kappa shape index (κ2) is 8.25. The maximum Gasteiger partial charge on any atom is 0.410 e. The number of carbonyl (C=O) groups excluding carboxylic acids is 1. The van der Waals surface area contributed by atoms with E-state index in [1.807, 2.05) is 26.8 Å². The maximum atomic E-state index is 12.2. The van der Waals surface area contributed by atoms with Gasteiger partial charge >= 0.3 is 6.09 Å². The molecule has 1 amide bonds. The summed E-state index contributed by atoms with van der Waals surface area (Å²) in [5.41, 5.74) is -0.723. The number of likely N-dealkylation sites (tertiary alicyclic amines) is 1. The number of piperidine rings is 1. The molecule has 0 spiro atoms. The molecule has 1 unspecified atom stereocenters. The Morgan fingerprint density at radius 3 is 2.52 bits per heavy atom. The first-order valence-corrected chi connectivity index (χ1v) is 9.85. The summed E-state index contributed by atoms with van der Waals surface area (Å²) >= 11 is 7.61. The number of amides is 1. The van der Waals surface area contributed by atoms with Crippen LogP contribution < -0.4 is 5.32 Å². The Bertz CT molecular complexity index is 577. The first-order chi connectivity index (χ1) is 11.6. The van der Waals surface area contributed by atoms with Gasteiger partial charge in [0, 0.05) is 37.7 Å². The number of thiophene rings is 1. The minimum Gasteiger partial charge on any atom is -0.444 e. The smallest absolute Gasteiger partial charge is 0.410 e. The number of methoxy groups -OCH3 is 1. The SMILES string of the molecule is COC1(CNC(C)c2ccc(Cl)s2)CCN(C(=O)OC(C)(C)C)CC1. The van der Waals surface area contributed by atoms with Gasteiger partial charge < -0.3 is 19.7 Å². The summed E-state index contributed by atoms with van der Waals surface area (Å²) in [6, 6.07) is 4.19. The number of carbonyl (C=O) groups is 1. The molecule has 0 aromatic carbocycles. The highest BCUT2D eigenvalue weighted by Crippen LogP contribution is 2.29. The summed E-state index contributed by atoms with van der Waals surface area (Å²) in [4.78, 5) is 15.2. The second-order valence-corrected chi connectivity index (χ2v) is 9.35. The van der Waals surface area contributed by atoms with Crippen molar-refractivity contribution in [3.8, 4) is 0 Å². The molecule has 1 aliphatic heterocycles. The Morgan fingerprint density at radius 2 is 2.04 bits per heavy atom. The Labute approximate surface area is 159 Å². The zero-order valence-electron chi connectivity index (χ0n) is 15.7. The van der Waals surface area contributed by atoms with Gasteiger partial charge in [-0.1, -0.05) is 11.6 Å². The van der Waals surface area contributed by atoms with Gasteiger partial charge in [0.05, 0.1) is 9.94 Å². The van der Waals surface area contributed by atoms with Crippen LogP contribution in [0.4, 0.5) is 4.79 Å². The van der Waals surface area contributed by atoms with Gasteiger partial charge in [-0.25, -0.2) is 4.79 Å². The Balaban J connectivity index is 1.87. The van der Waals surface area contributed by atoms with Gasteiger partial charge in [-0.2, -0.15) is 0 Å². The molecule has 5 nitrogen and oxygen atoms in total. The quantitative estimate of drug-likeness (QED) is 0.808. The molecular formula is C18H29ClN2O3S. The number of hydrogen-bond donors (Lipinski definition) is 1. The molecule has 1 fully saturated rings. The van der Waals surface area contributed by atoms with E-state index in [9.17, 15) is 4.79 Å². The fourth-order valence-corrected chi connectivity index (χ4v) is 3.96. The van der Waals surface area contributed by atoms with Crippen molar-refractivity contribution >= 4 is 29.0 Å². The van der Waals surface area contributed by atoms with Crippen LogP contribution in [-0.2, 0) is 9.47 Å². The summed E-state index contributed by atoms with van der Waals surface area (Å²) in [5.74, 6) is 0. The van der Waals surface area contributed by atoms with E-state index in [0.29, 0.717) is 13.1 Å². The van der Waals surface area contributed by atoms with Gasteiger partial charge in [-0.15, -0.1) is 11.3 Å². The molecule has 0 bridgehead atoms. The normalized spacial score (nSPS) is 18.9. The fraction of sp³-hybridized carbons (Fsp3) is 0.722. The average molecular weight is 389 g/mol. The van der Waals surface area contributed by atoms with Gasteiger partial charge in [-0.3, -0.25) is 0 Å². The third-order valence-electron chi connectivity index (χ3n) is 4.51. The van der Waals surface area contributed by atoms with Crippen molar-refractivity contribution in [1.82, 2.24) is 10.2 Å². The fourth-order valence-electron chi connectivity index (χ4n) is 2.88. The molecule has 0 saturated carbocycles. The van der Waals surface area contributed by atoms with Crippen LogP contribution in [0.1, 0.15) is 51.5 Å². The average Bonchev–Trinajstić information content (AvgIpc) is 2.98. The highest BCUT2D eigenvalue weighted by atomic mass is 35.5. The molecule has 1 atom stereocenters. The molecule has 2 rings (SSSR count). The van der Waals surface area contributed by atoms with Gasteiger partial charge in [0.1, 0.15) is 5.60 Å².